The number of nitriles is 1. The van der Waals surface area contributed by atoms with Crippen LogP contribution in [0, 0.1) is 88.5 Å². The fraction of sp³-hybridized carbons (Fsp3) is 0.200. The number of rotatable bonds is 15. The number of urea groups is 5. The Bertz CT molecular complexity index is 7050. The van der Waals surface area contributed by atoms with E-state index in [1.54, 1.807) is 140 Å². The Morgan fingerprint density at radius 1 is 0.314 bits per heavy atom. The molecular formula is C100H76ClF3N16O20. The zero-order valence-corrected chi connectivity index (χ0v) is 75.1. The van der Waals surface area contributed by atoms with Crippen molar-refractivity contribution in [3.63, 3.8) is 0 Å². The van der Waals surface area contributed by atoms with Gasteiger partial charge in [0.2, 0.25) is 22.2 Å². The van der Waals surface area contributed by atoms with Gasteiger partial charge in [0, 0.05) is 93.9 Å². The van der Waals surface area contributed by atoms with E-state index in [0.29, 0.717) is 103 Å². The van der Waals surface area contributed by atoms with Crippen LogP contribution in [0.3, 0.4) is 0 Å². The van der Waals surface area contributed by atoms with E-state index in [4.69, 9.17) is 47.0 Å². The minimum atomic E-state index is -1.76. The number of fused-ring (bicyclic) bond motifs is 5. The first-order valence-electron chi connectivity index (χ1n) is 42.1. The number of ether oxygens (including phenoxy) is 5. The quantitative estimate of drug-likeness (QED) is 0.0420. The lowest BCUT2D eigenvalue weighted by Gasteiger charge is -2.26. The van der Waals surface area contributed by atoms with Crippen LogP contribution in [0.15, 0.2) is 182 Å². The van der Waals surface area contributed by atoms with Crippen LogP contribution in [0.4, 0.5) is 37.1 Å². The predicted octanol–water partition coefficient (Wildman–Crippen LogP) is 5.93. The van der Waals surface area contributed by atoms with Crippen LogP contribution in [-0.2, 0) is 56.7 Å². The molecule has 40 heteroatoms. The van der Waals surface area contributed by atoms with Gasteiger partial charge in [0.05, 0.1) is 79.9 Å². The lowest BCUT2D eigenvalue weighted by Crippen LogP contribution is -2.54. The van der Waals surface area contributed by atoms with Gasteiger partial charge in [-0.2, -0.15) is 5.26 Å². The largest absolute Gasteiger partial charge is 0.497 e. The molecule has 0 unspecified atom stereocenters. The summed E-state index contributed by atoms with van der Waals surface area (Å²) < 4.78 is 66.0. The van der Waals surface area contributed by atoms with Crippen LogP contribution >= 0.6 is 11.6 Å². The molecule has 9 aromatic rings. The number of nitrogens with zero attached hydrogens (tertiary/aromatic N) is 6. The number of nitrogens with one attached hydrogen (secondary N) is 10. The van der Waals surface area contributed by atoms with E-state index in [0.717, 1.165) is 39.9 Å². The molecule has 0 aromatic heterocycles. The minimum absolute atomic E-state index is 0.0124. The molecule has 10 heterocycles. The summed E-state index contributed by atoms with van der Waals surface area (Å²) in [6, 6.07) is 46.1. The fourth-order valence-electron chi connectivity index (χ4n) is 16.2. The summed E-state index contributed by atoms with van der Waals surface area (Å²) in [7, 11) is 7.55. The van der Waals surface area contributed by atoms with Crippen LogP contribution < -0.4 is 76.9 Å². The molecule has 0 bridgehead atoms. The number of hydrogen-bond acceptors (Lipinski definition) is 21. The Morgan fingerprint density at radius 2 is 0.564 bits per heavy atom. The molecule has 704 valence electrons. The van der Waals surface area contributed by atoms with Crippen molar-refractivity contribution in [1.29, 1.82) is 5.26 Å². The smallest absolute Gasteiger partial charge is 0.323 e. The van der Waals surface area contributed by atoms with E-state index < -0.39 is 105 Å². The second-order valence-corrected chi connectivity index (χ2v) is 32.9. The minimum Gasteiger partial charge on any atom is -0.497 e. The molecule has 19 rings (SSSR count). The monoisotopic (exact) mass is 1910 g/mol. The van der Waals surface area contributed by atoms with Gasteiger partial charge < -0.3 is 74.8 Å². The number of hydrogen-bond donors (Lipinski definition) is 10. The molecule has 0 radical (unpaired) electrons. The molecular weight excluding hydrogens is 1840 g/mol. The third kappa shape index (κ3) is 20.3. The van der Waals surface area contributed by atoms with Gasteiger partial charge in [-0.25, -0.2) is 37.1 Å². The van der Waals surface area contributed by atoms with Crippen molar-refractivity contribution >= 4 is 101 Å². The normalized spacial score (nSPS) is 20.2. The molecule has 0 saturated carbocycles. The van der Waals surface area contributed by atoms with E-state index in [-0.39, 0.29) is 87.5 Å². The first-order chi connectivity index (χ1) is 67.0. The van der Waals surface area contributed by atoms with Crippen LogP contribution in [0.5, 0.6) is 28.7 Å². The summed E-state index contributed by atoms with van der Waals surface area (Å²) >= 11 is 5.98. The van der Waals surface area contributed by atoms with Crippen molar-refractivity contribution in [2.24, 2.45) is 0 Å². The van der Waals surface area contributed by atoms with Gasteiger partial charge in [0.1, 0.15) is 46.2 Å². The topological polar surface area (TPSA) is 462 Å². The third-order valence-electron chi connectivity index (χ3n) is 23.3. The second-order valence-electron chi connectivity index (χ2n) is 32.5. The summed E-state index contributed by atoms with van der Waals surface area (Å²) in [6.45, 7) is 0.704. The Hall–Kier alpha value is -18.6. The number of amides is 20. The highest BCUT2D eigenvalue weighted by Crippen LogP contribution is 2.36. The van der Waals surface area contributed by atoms with Crippen molar-refractivity contribution < 1.29 is 109 Å². The first-order valence-corrected chi connectivity index (χ1v) is 42.5. The molecule has 5 atom stereocenters. The summed E-state index contributed by atoms with van der Waals surface area (Å²) in [6.07, 6.45) is 5.41. The molecule has 20 amide bonds. The summed E-state index contributed by atoms with van der Waals surface area (Å²) in [4.78, 5) is 192. The number of imide groups is 5. The van der Waals surface area contributed by atoms with E-state index in [2.05, 4.69) is 106 Å². The Labute approximate surface area is 799 Å². The van der Waals surface area contributed by atoms with Crippen molar-refractivity contribution in [3.05, 3.63) is 288 Å². The van der Waals surface area contributed by atoms with Gasteiger partial charge in [-0.3, -0.25) is 74.5 Å². The van der Waals surface area contributed by atoms with E-state index >= 15 is 0 Å². The zero-order valence-electron chi connectivity index (χ0n) is 74.3. The highest BCUT2D eigenvalue weighted by molar-refractivity contribution is 6.30. The lowest BCUT2D eigenvalue weighted by molar-refractivity contribution is -0.123. The maximum Gasteiger partial charge on any atom is 0.323 e. The SMILES string of the molecule is C#C[C@]1(CN2Cc3ccc(OC)cc3C2=O)NC(=O)NC1=O.COc1ccc2c(c1)C(=O)N(C[C@@]1(C#Cc3cc(F)cc(F)c3)NC(=O)NC1=O)C2.COc1ccc2c(c1)C(=O)N(C[C@@]1(C#Cc3cccc(C#N)c3)NC(=O)NC1=O)C2.COc1ccc2c(c1)C(=O)N(C[C@@]1(C#Cc3cccc(Cl)c3)NC(=O)NC1=O)C2.COc1ccc2c(c1)C(=O)N(C[C@@]1(C#Cc3cccc(F)c3)NC(=O)NC1=O)C2. The van der Waals surface area contributed by atoms with Crippen molar-refractivity contribution in [3.8, 4) is 94.5 Å². The van der Waals surface area contributed by atoms with Gasteiger partial charge in [0.25, 0.3) is 59.1 Å². The fourth-order valence-corrected chi connectivity index (χ4v) is 16.4. The van der Waals surface area contributed by atoms with E-state index in [9.17, 15) is 85.1 Å². The predicted molar refractivity (Wildman–Crippen MR) is 487 cm³/mol. The molecule has 10 N–H and O–H groups in total. The van der Waals surface area contributed by atoms with Crippen LogP contribution in [0.25, 0.3) is 0 Å². The maximum atomic E-state index is 13.4. The van der Waals surface area contributed by atoms with E-state index in [1.807, 2.05) is 12.1 Å². The average Bonchev–Trinajstić information content (AvgIpc) is 1.66. The molecule has 10 aliphatic heterocycles. The highest BCUT2D eigenvalue weighted by Gasteiger charge is 2.54. The van der Waals surface area contributed by atoms with Crippen LogP contribution in [-0.4, -0.2) is 210 Å². The van der Waals surface area contributed by atoms with Crippen LogP contribution in [0.2, 0.25) is 5.02 Å². The van der Waals surface area contributed by atoms with Gasteiger partial charge in [-0.05, 0) is 155 Å². The molecule has 36 nitrogen and oxygen atoms in total. The summed E-state index contributed by atoms with van der Waals surface area (Å²) in [5.41, 5.74) is 0.162. The zero-order chi connectivity index (χ0) is 99.9. The van der Waals surface area contributed by atoms with Crippen molar-refractivity contribution in [2.45, 2.75) is 60.4 Å². The molecule has 0 aliphatic carbocycles. The number of carbonyl (C=O) groups excluding carboxylic acids is 15. The Balaban J connectivity index is 0.000000133. The Morgan fingerprint density at radius 3 is 0.829 bits per heavy atom. The summed E-state index contributed by atoms with van der Waals surface area (Å²) in [5, 5.41) is 32.8. The maximum absolute atomic E-state index is 13.4. The molecule has 10 aliphatic rings. The average molecular weight is 1910 g/mol. The third-order valence-corrected chi connectivity index (χ3v) is 23.5. The number of terminal acetylenes is 1. The Kier molecular flexibility index (Phi) is 27.1. The van der Waals surface area contributed by atoms with Gasteiger partial charge >= 0.3 is 30.2 Å². The second kappa shape index (κ2) is 39.5. The number of carbonyl (C=O) groups is 15. The number of methoxy groups -OCH3 is 5. The highest BCUT2D eigenvalue weighted by atomic mass is 35.5. The van der Waals surface area contributed by atoms with Crippen molar-refractivity contribution in [2.75, 3.05) is 68.3 Å². The van der Waals surface area contributed by atoms with Gasteiger partial charge in [0.15, 0.2) is 5.54 Å². The number of benzene rings is 9. The molecule has 0 spiro atoms. The first kappa shape index (κ1) is 96.0. The van der Waals surface area contributed by atoms with Crippen molar-refractivity contribution in [1.82, 2.24) is 77.7 Å². The van der Waals surface area contributed by atoms with Crippen LogP contribution in [0.1, 0.15) is 107 Å². The lowest BCUT2D eigenvalue weighted by atomic mass is 9.99. The van der Waals surface area contributed by atoms with E-state index in [1.165, 1.54) is 78.2 Å². The number of halogens is 4. The van der Waals surface area contributed by atoms with Gasteiger partial charge in [-0.1, -0.05) is 113 Å². The summed E-state index contributed by atoms with van der Waals surface area (Å²) in [5.74, 6) is 20.2. The van der Waals surface area contributed by atoms with Gasteiger partial charge in [-0.15, -0.1) is 6.42 Å². The standard InChI is InChI=1S/C22H16N4O4.C21H16ClN3O4.C21H15F2N3O4.C21H16FN3O4.C15H13N3O4/c1-30-17-6-5-16-12-26(19(27)18(16)10-17)13-22(20(28)24-21(29)25-22)8-7-14-3-2-4-15(9-14)11-23;1-29-16-6-5-14-11-25(18(26)17(14)10-16)12-21(19(27)23-20(28)24-21)8-7-13-3-2-4-15(22)9-13;1-30-16-3-2-13-10-26(18(27)17(13)9-16)11-21(19(28)24-20(29)25-21)5-4-12-6-14(22)8-15(23)7-12;1-29-16-6-5-14-11-25(18(26)17(14)10-16)12-21(19(27)23-20(28)24-21)8-7-13-3-2-4-15(22)9-13;1-3-15(13(20)16-14(21)17-15)8-18-7-9-4-5-10(22-2)6-11(9)12(18)19/h2-6,9-10H,12-13H2,1H3,(H2,24,25,28,29);2-6,9-10H,11-12H2,1H3,(H2,23,24,27,28);2-3,6-9H,10-11H2,1H3,(H2,24,25,28,29);2-6,9-10H,11-12H2,1H3,(H2,23,24,27,28);1,4-6H,7-8H2,2H3,(H2,16,17,20,21)/t22-;3*21-;15-/m11111/s1. The molecule has 9 aromatic carbocycles. The molecule has 140 heavy (non-hydrogen) atoms. The molecule has 5 saturated heterocycles. The molecule has 5 fully saturated rings.